The molecule has 0 aromatic carbocycles. The van der Waals surface area contributed by atoms with Crippen LogP contribution in [0.4, 0.5) is 4.79 Å². The van der Waals surface area contributed by atoms with Crippen molar-refractivity contribution in [2.45, 2.75) is 40.0 Å². The van der Waals surface area contributed by atoms with E-state index in [1.807, 2.05) is 11.8 Å². The Labute approximate surface area is 115 Å². The zero-order valence-corrected chi connectivity index (χ0v) is 12.2. The van der Waals surface area contributed by atoms with Crippen LogP contribution in [0.2, 0.25) is 0 Å². The Morgan fingerprint density at radius 3 is 2.58 bits per heavy atom. The highest BCUT2D eigenvalue weighted by molar-refractivity contribution is 5.74. The van der Waals surface area contributed by atoms with Gasteiger partial charge in [-0.25, -0.2) is 4.79 Å². The number of nitrogens with one attached hydrogen (secondary N) is 1. The quantitative estimate of drug-likeness (QED) is 0.777. The molecule has 0 saturated carbocycles. The predicted octanol–water partition coefficient (Wildman–Crippen LogP) is 2.17. The lowest BCUT2D eigenvalue weighted by Gasteiger charge is -2.20. The van der Waals surface area contributed by atoms with Crippen molar-refractivity contribution >= 4 is 12.0 Å². The number of likely N-dealkylation sites (tertiary alicyclic amines) is 1. The first-order chi connectivity index (χ1) is 8.90. The monoisotopic (exact) mass is 270 g/mol. The number of rotatable bonds is 6. The number of carboxylic acid groups (broad SMARTS) is 1. The first kappa shape index (κ1) is 15.8. The minimum atomic E-state index is -0.780. The molecule has 110 valence electrons. The molecule has 0 radical (unpaired) electrons. The molecule has 0 aromatic rings. The topological polar surface area (TPSA) is 69.6 Å². The van der Waals surface area contributed by atoms with E-state index < -0.39 is 5.97 Å². The van der Waals surface area contributed by atoms with E-state index in [1.54, 1.807) is 0 Å². The molecule has 2 unspecified atom stereocenters. The Hall–Kier alpha value is -1.26. The molecular weight excluding hydrogens is 244 g/mol. The van der Waals surface area contributed by atoms with Gasteiger partial charge in [-0.15, -0.1) is 0 Å². The number of aliphatic carboxylic acids is 1. The van der Waals surface area contributed by atoms with Crippen molar-refractivity contribution in [2.24, 2.45) is 17.8 Å². The van der Waals surface area contributed by atoms with Crippen molar-refractivity contribution in [1.82, 2.24) is 10.2 Å². The van der Waals surface area contributed by atoms with Crippen molar-refractivity contribution in [3.8, 4) is 0 Å². The van der Waals surface area contributed by atoms with Crippen molar-refractivity contribution < 1.29 is 14.7 Å². The van der Waals surface area contributed by atoms with Crippen LogP contribution in [-0.2, 0) is 4.79 Å². The lowest BCUT2D eigenvalue weighted by molar-refractivity contribution is -0.137. The second-order valence-corrected chi connectivity index (χ2v) is 5.96. The molecule has 5 heteroatoms. The van der Waals surface area contributed by atoms with E-state index >= 15 is 0 Å². The first-order valence-corrected chi connectivity index (χ1v) is 7.14. The van der Waals surface area contributed by atoms with Crippen molar-refractivity contribution in [3.05, 3.63) is 0 Å². The van der Waals surface area contributed by atoms with Crippen LogP contribution < -0.4 is 5.32 Å². The van der Waals surface area contributed by atoms with Crippen LogP contribution in [0.1, 0.15) is 40.0 Å². The fourth-order valence-electron chi connectivity index (χ4n) is 2.36. The van der Waals surface area contributed by atoms with Crippen molar-refractivity contribution in [3.63, 3.8) is 0 Å². The lowest BCUT2D eigenvalue weighted by Crippen LogP contribution is -2.40. The maximum atomic E-state index is 12.0. The predicted molar refractivity (Wildman–Crippen MR) is 74.0 cm³/mol. The summed E-state index contributed by atoms with van der Waals surface area (Å²) in [6.45, 7) is 8.57. The number of nitrogens with zero attached hydrogens (tertiary/aromatic N) is 1. The van der Waals surface area contributed by atoms with Crippen molar-refractivity contribution in [1.29, 1.82) is 0 Å². The number of urea groups is 1. The van der Waals surface area contributed by atoms with Crippen LogP contribution >= 0.6 is 0 Å². The second-order valence-electron chi connectivity index (χ2n) is 5.96. The smallest absolute Gasteiger partial charge is 0.317 e. The molecular formula is C14H26N2O3. The molecule has 1 heterocycles. The molecule has 19 heavy (non-hydrogen) atoms. The van der Waals surface area contributed by atoms with E-state index in [2.05, 4.69) is 19.2 Å². The maximum absolute atomic E-state index is 12.0. The van der Waals surface area contributed by atoms with Gasteiger partial charge in [-0.2, -0.15) is 0 Å². The molecule has 0 bridgehead atoms. The van der Waals surface area contributed by atoms with E-state index in [0.29, 0.717) is 24.8 Å². The van der Waals surface area contributed by atoms with E-state index in [9.17, 15) is 9.59 Å². The van der Waals surface area contributed by atoms with Gasteiger partial charge in [-0.05, 0) is 30.6 Å². The standard InChI is InChI=1S/C14H26N2O3/c1-10(2)12-6-7-16(9-12)14(19)15-8-11(3)4-5-13(17)18/h10-12H,4-9H2,1-3H3,(H,15,19)(H,17,18). The third-order valence-electron chi connectivity index (χ3n) is 3.91. The fraction of sp³-hybridized carbons (Fsp3) is 0.857. The summed E-state index contributed by atoms with van der Waals surface area (Å²) in [6, 6.07) is -0.00896. The summed E-state index contributed by atoms with van der Waals surface area (Å²) in [7, 11) is 0. The molecule has 1 fully saturated rings. The molecule has 0 aromatic heterocycles. The van der Waals surface area contributed by atoms with E-state index in [4.69, 9.17) is 5.11 Å². The highest BCUT2D eigenvalue weighted by atomic mass is 16.4. The largest absolute Gasteiger partial charge is 0.481 e. The summed E-state index contributed by atoms with van der Waals surface area (Å²) in [4.78, 5) is 24.3. The average Bonchev–Trinajstić information content (AvgIpc) is 2.83. The van der Waals surface area contributed by atoms with Gasteiger partial charge < -0.3 is 15.3 Å². The summed E-state index contributed by atoms with van der Waals surface area (Å²) < 4.78 is 0. The minimum Gasteiger partial charge on any atom is -0.481 e. The molecule has 2 atom stereocenters. The summed E-state index contributed by atoms with van der Waals surface area (Å²) in [5.41, 5.74) is 0. The van der Waals surface area contributed by atoms with Crippen LogP contribution in [0.3, 0.4) is 0 Å². The van der Waals surface area contributed by atoms with Crippen LogP contribution in [0.15, 0.2) is 0 Å². The Kier molecular flexibility index (Phi) is 6.12. The number of carboxylic acids is 1. The molecule has 1 saturated heterocycles. The molecule has 5 nitrogen and oxygen atoms in total. The van der Waals surface area contributed by atoms with Gasteiger partial charge in [0.15, 0.2) is 0 Å². The second kappa shape index (κ2) is 7.36. The molecule has 0 spiro atoms. The molecule has 2 N–H and O–H groups in total. The fourth-order valence-corrected chi connectivity index (χ4v) is 2.36. The van der Waals surface area contributed by atoms with Crippen LogP contribution in [-0.4, -0.2) is 41.6 Å². The molecule has 2 amide bonds. The van der Waals surface area contributed by atoms with Crippen LogP contribution in [0, 0.1) is 17.8 Å². The highest BCUT2D eigenvalue weighted by Crippen LogP contribution is 2.23. The Morgan fingerprint density at radius 2 is 2.05 bits per heavy atom. The SMILES string of the molecule is CC(CCC(=O)O)CNC(=O)N1CCC(C(C)C)C1. The van der Waals surface area contributed by atoms with Gasteiger partial charge in [0.05, 0.1) is 0 Å². The average molecular weight is 270 g/mol. The number of carbonyl (C=O) groups excluding carboxylic acids is 1. The summed E-state index contributed by atoms with van der Waals surface area (Å²) in [6.07, 6.45) is 1.85. The number of carbonyl (C=O) groups is 2. The Morgan fingerprint density at radius 1 is 1.37 bits per heavy atom. The lowest BCUT2D eigenvalue weighted by atomic mass is 9.95. The molecule has 0 aliphatic carbocycles. The number of hydrogen-bond acceptors (Lipinski definition) is 2. The van der Waals surface area contributed by atoms with Gasteiger partial charge in [0.1, 0.15) is 0 Å². The normalized spacial score (nSPS) is 20.6. The van der Waals surface area contributed by atoms with Crippen molar-refractivity contribution in [2.75, 3.05) is 19.6 Å². The third kappa shape index (κ3) is 5.49. The third-order valence-corrected chi connectivity index (χ3v) is 3.91. The zero-order chi connectivity index (χ0) is 14.4. The Bertz CT molecular complexity index is 318. The highest BCUT2D eigenvalue weighted by Gasteiger charge is 2.27. The molecule has 1 aliphatic heterocycles. The van der Waals surface area contributed by atoms with Gasteiger partial charge in [-0.1, -0.05) is 20.8 Å². The van der Waals surface area contributed by atoms with Gasteiger partial charge in [-0.3, -0.25) is 4.79 Å². The van der Waals surface area contributed by atoms with Crippen LogP contribution in [0.5, 0.6) is 0 Å². The van der Waals surface area contributed by atoms with E-state index in [1.165, 1.54) is 0 Å². The van der Waals surface area contributed by atoms with Crippen LogP contribution in [0.25, 0.3) is 0 Å². The van der Waals surface area contributed by atoms with Gasteiger partial charge in [0.25, 0.3) is 0 Å². The molecule has 1 rings (SSSR count). The Balaban J connectivity index is 2.23. The summed E-state index contributed by atoms with van der Waals surface area (Å²) in [5.74, 6) is 0.642. The van der Waals surface area contributed by atoms with Gasteiger partial charge in [0, 0.05) is 26.1 Å². The van der Waals surface area contributed by atoms with Gasteiger partial charge in [0.2, 0.25) is 0 Å². The summed E-state index contributed by atoms with van der Waals surface area (Å²) in [5, 5.41) is 11.5. The number of hydrogen-bond donors (Lipinski definition) is 2. The molecule has 1 aliphatic rings. The van der Waals surface area contributed by atoms with E-state index in [0.717, 1.165) is 19.5 Å². The minimum absolute atomic E-state index is 0.00896. The number of amides is 2. The first-order valence-electron chi connectivity index (χ1n) is 7.14. The van der Waals surface area contributed by atoms with Gasteiger partial charge >= 0.3 is 12.0 Å². The summed E-state index contributed by atoms with van der Waals surface area (Å²) >= 11 is 0. The maximum Gasteiger partial charge on any atom is 0.317 e. The zero-order valence-electron chi connectivity index (χ0n) is 12.2. The van der Waals surface area contributed by atoms with E-state index in [-0.39, 0.29) is 18.4 Å².